The molecule has 2 N–H and O–H groups in total. The van der Waals surface area contributed by atoms with Gasteiger partial charge < -0.3 is 5.32 Å². The molecular formula is C19H17N5O. The molecule has 1 atom stereocenters. The van der Waals surface area contributed by atoms with Crippen molar-refractivity contribution in [3.8, 4) is 0 Å². The Kier molecular flexibility index (Phi) is 3.78. The highest BCUT2D eigenvalue weighted by atomic mass is 16.1. The fourth-order valence-electron chi connectivity index (χ4n) is 2.83. The molecule has 0 radical (unpaired) electrons. The van der Waals surface area contributed by atoms with Gasteiger partial charge >= 0.3 is 0 Å². The van der Waals surface area contributed by atoms with Crippen molar-refractivity contribution in [1.29, 1.82) is 0 Å². The number of benzene rings is 2. The summed E-state index contributed by atoms with van der Waals surface area (Å²) in [4.78, 5) is 16.7. The van der Waals surface area contributed by atoms with Crippen LogP contribution < -0.4 is 10.6 Å². The number of amides is 1. The van der Waals surface area contributed by atoms with E-state index in [9.17, 15) is 4.79 Å². The lowest BCUT2D eigenvalue weighted by Crippen LogP contribution is -2.19. The molecule has 1 amide bonds. The van der Waals surface area contributed by atoms with Crippen molar-refractivity contribution in [1.82, 2.24) is 14.8 Å². The van der Waals surface area contributed by atoms with Gasteiger partial charge in [-0.15, -0.1) is 5.10 Å². The number of rotatable bonds is 3. The van der Waals surface area contributed by atoms with Crippen LogP contribution in [-0.2, 0) is 0 Å². The molecule has 0 unspecified atom stereocenters. The lowest BCUT2D eigenvalue weighted by Gasteiger charge is -2.22. The van der Waals surface area contributed by atoms with Crippen molar-refractivity contribution in [2.75, 3.05) is 10.6 Å². The topological polar surface area (TPSA) is 71.8 Å². The normalized spacial score (nSPS) is 15.7. The average molecular weight is 331 g/mol. The molecule has 0 saturated heterocycles. The van der Waals surface area contributed by atoms with Crippen LogP contribution in [0.4, 0.5) is 11.9 Å². The van der Waals surface area contributed by atoms with Crippen molar-refractivity contribution in [2.45, 2.75) is 13.0 Å². The molecular weight excluding hydrogens is 314 g/mol. The molecule has 0 aliphatic carbocycles. The van der Waals surface area contributed by atoms with Gasteiger partial charge in [0.2, 0.25) is 5.95 Å². The maximum Gasteiger partial charge on any atom is 0.258 e. The molecule has 1 aliphatic heterocycles. The number of anilines is 2. The smallest absolute Gasteiger partial charge is 0.258 e. The zero-order valence-corrected chi connectivity index (χ0v) is 13.7. The Morgan fingerprint density at radius 1 is 1.08 bits per heavy atom. The van der Waals surface area contributed by atoms with Crippen LogP contribution in [0.15, 0.2) is 72.4 Å². The van der Waals surface area contributed by atoms with Crippen LogP contribution in [0.25, 0.3) is 0 Å². The predicted molar refractivity (Wildman–Crippen MR) is 96.4 cm³/mol. The number of carbonyl (C=O) groups excluding carboxylic acids is 1. The predicted octanol–water partition coefficient (Wildman–Crippen LogP) is 3.45. The SMILES string of the molecule is CC1=C[C@@H](c2ccccc2)n2nc(NC(=O)c3ccccc3)nc2N1. The van der Waals surface area contributed by atoms with Crippen LogP contribution in [0.3, 0.4) is 0 Å². The first-order chi connectivity index (χ1) is 12.2. The van der Waals surface area contributed by atoms with Gasteiger partial charge in [-0.2, -0.15) is 4.98 Å². The monoisotopic (exact) mass is 331 g/mol. The third-order valence-electron chi connectivity index (χ3n) is 4.01. The first kappa shape index (κ1) is 15.1. The fourth-order valence-corrected chi connectivity index (χ4v) is 2.83. The number of nitrogens with zero attached hydrogens (tertiary/aromatic N) is 3. The highest BCUT2D eigenvalue weighted by Crippen LogP contribution is 2.29. The van der Waals surface area contributed by atoms with Crippen LogP contribution in [0.5, 0.6) is 0 Å². The molecule has 6 heteroatoms. The molecule has 25 heavy (non-hydrogen) atoms. The van der Waals surface area contributed by atoms with E-state index in [0.29, 0.717) is 11.5 Å². The Labute approximate surface area is 145 Å². The van der Waals surface area contributed by atoms with E-state index in [0.717, 1.165) is 11.3 Å². The van der Waals surface area contributed by atoms with Crippen LogP contribution in [0, 0.1) is 0 Å². The minimum Gasteiger partial charge on any atom is -0.329 e. The third-order valence-corrected chi connectivity index (χ3v) is 4.01. The van der Waals surface area contributed by atoms with Gasteiger partial charge in [-0.1, -0.05) is 48.5 Å². The number of nitrogens with one attached hydrogen (secondary N) is 2. The van der Waals surface area contributed by atoms with Crippen molar-refractivity contribution < 1.29 is 4.79 Å². The van der Waals surface area contributed by atoms with Gasteiger partial charge in [0.1, 0.15) is 6.04 Å². The van der Waals surface area contributed by atoms with Gasteiger partial charge in [-0.3, -0.25) is 10.1 Å². The summed E-state index contributed by atoms with van der Waals surface area (Å²) < 4.78 is 1.78. The lowest BCUT2D eigenvalue weighted by atomic mass is 10.1. The average Bonchev–Trinajstić information content (AvgIpc) is 3.04. The van der Waals surface area contributed by atoms with Crippen molar-refractivity contribution in [2.24, 2.45) is 0 Å². The lowest BCUT2D eigenvalue weighted by molar-refractivity contribution is 0.102. The molecule has 2 aromatic carbocycles. The fraction of sp³-hybridized carbons (Fsp3) is 0.105. The summed E-state index contributed by atoms with van der Waals surface area (Å²) in [5.74, 6) is 0.655. The molecule has 1 aromatic heterocycles. The molecule has 1 aliphatic rings. The second-order valence-corrected chi connectivity index (χ2v) is 5.85. The summed E-state index contributed by atoms with van der Waals surface area (Å²) in [6, 6.07) is 19.0. The number of allylic oxidation sites excluding steroid dienone is 2. The minimum absolute atomic E-state index is 0.0627. The van der Waals surface area contributed by atoms with Crippen LogP contribution in [-0.4, -0.2) is 20.7 Å². The molecule has 124 valence electrons. The summed E-state index contributed by atoms with van der Waals surface area (Å²) in [6.45, 7) is 1.98. The second kappa shape index (κ2) is 6.24. The molecule has 6 nitrogen and oxygen atoms in total. The number of aromatic nitrogens is 3. The quantitative estimate of drug-likeness (QED) is 0.771. The first-order valence-electron chi connectivity index (χ1n) is 8.04. The molecule has 3 aromatic rings. The third kappa shape index (κ3) is 3.01. The molecule has 0 fully saturated rings. The highest BCUT2D eigenvalue weighted by Gasteiger charge is 2.23. The summed E-state index contributed by atoms with van der Waals surface area (Å²) in [5, 5.41) is 10.4. The molecule has 2 heterocycles. The number of hydrogen-bond donors (Lipinski definition) is 2. The van der Waals surface area contributed by atoms with E-state index in [1.807, 2.05) is 55.5 Å². The van der Waals surface area contributed by atoms with Gasteiger partial charge in [0.05, 0.1) is 0 Å². The van der Waals surface area contributed by atoms with Gasteiger partial charge in [0, 0.05) is 11.3 Å². The Balaban J connectivity index is 1.64. The largest absolute Gasteiger partial charge is 0.329 e. The minimum atomic E-state index is -0.232. The molecule has 0 saturated carbocycles. The Morgan fingerprint density at radius 3 is 2.48 bits per heavy atom. The Bertz CT molecular complexity index is 931. The zero-order chi connectivity index (χ0) is 17.2. The summed E-state index contributed by atoms with van der Waals surface area (Å²) >= 11 is 0. The summed E-state index contributed by atoms with van der Waals surface area (Å²) in [5.41, 5.74) is 2.67. The summed E-state index contributed by atoms with van der Waals surface area (Å²) in [6.07, 6.45) is 2.08. The van der Waals surface area contributed by atoms with Crippen molar-refractivity contribution >= 4 is 17.8 Å². The van der Waals surface area contributed by atoms with Gasteiger partial charge in [-0.25, -0.2) is 4.68 Å². The Hall–Kier alpha value is -3.41. The van der Waals surface area contributed by atoms with Crippen LogP contribution in [0.1, 0.15) is 28.9 Å². The highest BCUT2D eigenvalue weighted by molar-refractivity contribution is 6.03. The molecule has 0 bridgehead atoms. The van der Waals surface area contributed by atoms with Gasteiger partial charge in [0.15, 0.2) is 0 Å². The zero-order valence-electron chi connectivity index (χ0n) is 13.7. The van der Waals surface area contributed by atoms with E-state index in [4.69, 9.17) is 0 Å². The maximum atomic E-state index is 12.3. The van der Waals surface area contributed by atoms with Crippen molar-refractivity contribution in [3.63, 3.8) is 0 Å². The summed E-state index contributed by atoms with van der Waals surface area (Å²) in [7, 11) is 0. The van der Waals surface area contributed by atoms with E-state index in [1.54, 1.807) is 16.8 Å². The van der Waals surface area contributed by atoms with Crippen molar-refractivity contribution in [3.05, 3.63) is 83.6 Å². The first-order valence-corrected chi connectivity index (χ1v) is 8.04. The van der Waals surface area contributed by atoms with E-state index >= 15 is 0 Å². The van der Waals surface area contributed by atoms with Crippen LogP contribution >= 0.6 is 0 Å². The molecule has 0 spiro atoms. The van der Waals surface area contributed by atoms with E-state index in [-0.39, 0.29) is 17.9 Å². The van der Waals surface area contributed by atoms with E-state index < -0.39 is 0 Å². The van der Waals surface area contributed by atoms with E-state index in [1.165, 1.54) is 0 Å². The maximum absolute atomic E-state index is 12.3. The van der Waals surface area contributed by atoms with Gasteiger partial charge in [-0.05, 0) is 30.7 Å². The second-order valence-electron chi connectivity index (χ2n) is 5.85. The number of carbonyl (C=O) groups is 1. The van der Waals surface area contributed by atoms with E-state index in [2.05, 4.69) is 26.8 Å². The van der Waals surface area contributed by atoms with Crippen LogP contribution in [0.2, 0.25) is 0 Å². The standard InChI is InChI=1S/C19H17N5O/c1-13-12-16(14-8-4-2-5-9-14)24-19(20-13)22-18(23-24)21-17(25)15-10-6-3-7-11-15/h2-12,16H,1H3,(H2,20,21,22,23,25)/t16-/m0/s1. The Morgan fingerprint density at radius 2 is 1.76 bits per heavy atom. The number of hydrogen-bond acceptors (Lipinski definition) is 4. The van der Waals surface area contributed by atoms with Gasteiger partial charge in [0.25, 0.3) is 11.9 Å². The molecule has 4 rings (SSSR count). The number of fused-ring (bicyclic) bond motifs is 1.